The molecule has 1 saturated carbocycles. The van der Waals surface area contributed by atoms with Gasteiger partial charge >= 0.3 is 0 Å². The van der Waals surface area contributed by atoms with E-state index in [9.17, 15) is 0 Å². The van der Waals surface area contributed by atoms with Gasteiger partial charge in [0.05, 0.1) is 24.0 Å². The third-order valence-corrected chi connectivity index (χ3v) is 6.90. The average Bonchev–Trinajstić information content (AvgIpc) is 3.29. The van der Waals surface area contributed by atoms with Crippen LogP contribution in [0.2, 0.25) is 0 Å². The van der Waals surface area contributed by atoms with Gasteiger partial charge in [-0.2, -0.15) is 0 Å². The minimum atomic E-state index is 0.468. The van der Waals surface area contributed by atoms with Crippen LogP contribution in [0.3, 0.4) is 0 Å². The standard InChI is InChI=1S/C23H28N8O/c1-15-25-19-5-4-18(27-21(19)30(15)8-9-32-3)17-6-7-31-20(17)12-24-22(28-31)26-16-10-23(11-16)13-29(2)14-23/h4-7,12,16H,8-11,13-14H2,1-3H3,(H,26,28). The molecule has 0 radical (unpaired) electrons. The van der Waals surface area contributed by atoms with E-state index in [-0.39, 0.29) is 0 Å². The monoisotopic (exact) mass is 432 g/mol. The second-order valence-electron chi connectivity index (χ2n) is 9.41. The lowest BCUT2D eigenvalue weighted by Crippen LogP contribution is -2.63. The topological polar surface area (TPSA) is 85.4 Å². The summed E-state index contributed by atoms with van der Waals surface area (Å²) in [4.78, 5) is 16.6. The second kappa shape index (κ2) is 7.25. The number of rotatable bonds is 6. The van der Waals surface area contributed by atoms with Crippen molar-refractivity contribution in [2.75, 3.05) is 39.2 Å². The SMILES string of the molecule is COCCn1c(C)nc2ccc(-c3ccn4nc(NC5CC6(C5)CN(C)C6)ncc34)nc21. The maximum absolute atomic E-state index is 5.25. The Labute approximate surface area is 186 Å². The summed E-state index contributed by atoms with van der Waals surface area (Å²) in [5.41, 5.74) is 5.14. The fraction of sp³-hybridized carbons (Fsp3) is 0.478. The molecule has 0 aromatic carbocycles. The molecule has 1 spiro atoms. The maximum Gasteiger partial charge on any atom is 0.241 e. The van der Waals surface area contributed by atoms with Gasteiger partial charge in [-0.25, -0.2) is 19.5 Å². The highest BCUT2D eigenvalue weighted by Gasteiger charge is 2.51. The van der Waals surface area contributed by atoms with Crippen molar-refractivity contribution in [1.82, 2.24) is 34.0 Å². The fourth-order valence-electron chi connectivity index (χ4n) is 5.53. The van der Waals surface area contributed by atoms with Crippen LogP contribution in [0.15, 0.2) is 30.6 Å². The van der Waals surface area contributed by atoms with Gasteiger partial charge in [0.25, 0.3) is 0 Å². The van der Waals surface area contributed by atoms with Gasteiger partial charge < -0.3 is 19.5 Å². The van der Waals surface area contributed by atoms with E-state index in [0.717, 1.165) is 40.3 Å². The zero-order chi connectivity index (χ0) is 21.9. The number of aromatic nitrogens is 6. The Morgan fingerprint density at radius 3 is 2.81 bits per heavy atom. The molecular weight excluding hydrogens is 404 g/mol. The van der Waals surface area contributed by atoms with E-state index in [1.54, 1.807) is 7.11 Å². The number of aryl methyl sites for hydroxylation is 1. The van der Waals surface area contributed by atoms with Crippen LogP contribution in [0.25, 0.3) is 27.9 Å². The number of methoxy groups -OCH3 is 1. The highest BCUT2D eigenvalue weighted by atomic mass is 16.5. The van der Waals surface area contributed by atoms with E-state index < -0.39 is 0 Å². The smallest absolute Gasteiger partial charge is 0.241 e. The fourth-order valence-corrected chi connectivity index (χ4v) is 5.53. The number of pyridine rings is 1. The molecule has 9 nitrogen and oxygen atoms in total. The number of ether oxygens (including phenoxy) is 1. The number of anilines is 1. The summed E-state index contributed by atoms with van der Waals surface area (Å²) in [6.07, 6.45) is 6.27. The molecular formula is C23H28N8O. The van der Waals surface area contributed by atoms with Crippen molar-refractivity contribution in [3.63, 3.8) is 0 Å². The Hall–Kier alpha value is -3.04. The molecule has 0 amide bonds. The van der Waals surface area contributed by atoms with Gasteiger partial charge in [-0.3, -0.25) is 0 Å². The van der Waals surface area contributed by atoms with E-state index >= 15 is 0 Å². The zero-order valence-electron chi connectivity index (χ0n) is 18.7. The second-order valence-corrected chi connectivity index (χ2v) is 9.41. The lowest BCUT2D eigenvalue weighted by atomic mass is 9.61. The molecule has 32 heavy (non-hydrogen) atoms. The molecule has 1 saturated heterocycles. The molecule has 1 aliphatic heterocycles. The van der Waals surface area contributed by atoms with E-state index in [0.29, 0.717) is 24.0 Å². The van der Waals surface area contributed by atoms with E-state index in [1.807, 2.05) is 42.0 Å². The van der Waals surface area contributed by atoms with Crippen molar-refractivity contribution in [2.24, 2.45) is 5.41 Å². The summed E-state index contributed by atoms with van der Waals surface area (Å²) in [7, 11) is 3.90. The van der Waals surface area contributed by atoms with E-state index in [2.05, 4.69) is 31.8 Å². The number of nitrogens with one attached hydrogen (secondary N) is 1. The summed E-state index contributed by atoms with van der Waals surface area (Å²) in [6.45, 7) is 5.78. The van der Waals surface area contributed by atoms with Gasteiger partial charge in [-0.05, 0) is 50.4 Å². The summed E-state index contributed by atoms with van der Waals surface area (Å²) < 4.78 is 9.24. The number of fused-ring (bicyclic) bond motifs is 2. The van der Waals surface area contributed by atoms with Gasteiger partial charge in [0.1, 0.15) is 11.3 Å². The first-order valence-corrected chi connectivity index (χ1v) is 11.2. The third-order valence-electron chi connectivity index (χ3n) is 6.90. The molecule has 5 heterocycles. The minimum Gasteiger partial charge on any atom is -0.383 e. The molecule has 1 aliphatic carbocycles. The Bertz CT molecular complexity index is 1290. The van der Waals surface area contributed by atoms with Gasteiger partial charge in [-0.1, -0.05) is 0 Å². The van der Waals surface area contributed by atoms with Gasteiger partial charge in [-0.15, -0.1) is 5.10 Å². The highest BCUT2D eigenvalue weighted by molar-refractivity contribution is 5.82. The van der Waals surface area contributed by atoms with Gasteiger partial charge in [0.2, 0.25) is 5.95 Å². The Morgan fingerprint density at radius 2 is 2.03 bits per heavy atom. The number of imidazole rings is 1. The van der Waals surface area contributed by atoms with E-state index in [4.69, 9.17) is 14.8 Å². The molecule has 166 valence electrons. The molecule has 4 aromatic heterocycles. The van der Waals surface area contributed by atoms with Crippen LogP contribution in [0, 0.1) is 12.3 Å². The number of hydrogen-bond donors (Lipinski definition) is 1. The van der Waals surface area contributed by atoms with Crippen LogP contribution in [0.5, 0.6) is 0 Å². The van der Waals surface area contributed by atoms with Crippen molar-refractivity contribution in [3.8, 4) is 11.3 Å². The number of likely N-dealkylation sites (tertiary alicyclic amines) is 1. The normalized spacial score (nSPS) is 18.3. The first kappa shape index (κ1) is 19.6. The van der Waals surface area contributed by atoms with Crippen LogP contribution in [-0.2, 0) is 11.3 Å². The summed E-state index contributed by atoms with van der Waals surface area (Å²) in [5.74, 6) is 1.62. The van der Waals surface area contributed by atoms with Crippen molar-refractivity contribution in [2.45, 2.75) is 32.4 Å². The Kier molecular flexibility index (Phi) is 4.44. The van der Waals surface area contributed by atoms with Gasteiger partial charge in [0.15, 0.2) is 5.65 Å². The highest BCUT2D eigenvalue weighted by Crippen LogP contribution is 2.48. The zero-order valence-corrected chi connectivity index (χ0v) is 18.7. The summed E-state index contributed by atoms with van der Waals surface area (Å²) in [6, 6.07) is 6.56. The van der Waals surface area contributed by atoms with Crippen LogP contribution in [0.1, 0.15) is 18.7 Å². The summed E-state index contributed by atoms with van der Waals surface area (Å²) in [5, 5.41) is 8.21. The molecule has 1 N–H and O–H groups in total. The van der Waals surface area contributed by atoms with Crippen molar-refractivity contribution in [3.05, 3.63) is 36.4 Å². The lowest BCUT2D eigenvalue weighted by molar-refractivity contribution is -0.0514. The number of hydrogen-bond acceptors (Lipinski definition) is 7. The molecule has 6 rings (SSSR count). The summed E-state index contributed by atoms with van der Waals surface area (Å²) >= 11 is 0. The van der Waals surface area contributed by atoms with Crippen molar-refractivity contribution < 1.29 is 4.74 Å². The minimum absolute atomic E-state index is 0.468. The van der Waals surface area contributed by atoms with Crippen LogP contribution >= 0.6 is 0 Å². The first-order chi connectivity index (χ1) is 15.5. The van der Waals surface area contributed by atoms with Gasteiger partial charge in [0, 0.05) is 44.5 Å². The third kappa shape index (κ3) is 3.15. The number of nitrogens with zero attached hydrogens (tertiary/aromatic N) is 7. The van der Waals surface area contributed by atoms with Crippen molar-refractivity contribution in [1.29, 1.82) is 0 Å². The van der Waals surface area contributed by atoms with E-state index in [1.165, 1.54) is 25.9 Å². The predicted octanol–water partition coefficient (Wildman–Crippen LogP) is 2.60. The Balaban J connectivity index is 1.25. The molecule has 0 bridgehead atoms. The molecule has 0 atom stereocenters. The predicted molar refractivity (Wildman–Crippen MR) is 123 cm³/mol. The first-order valence-electron chi connectivity index (χ1n) is 11.2. The average molecular weight is 433 g/mol. The molecule has 9 heteroatoms. The van der Waals surface area contributed by atoms with Crippen LogP contribution in [0.4, 0.5) is 5.95 Å². The quantitative estimate of drug-likeness (QED) is 0.501. The van der Waals surface area contributed by atoms with Crippen LogP contribution < -0.4 is 5.32 Å². The maximum atomic E-state index is 5.25. The molecule has 0 unspecified atom stereocenters. The van der Waals surface area contributed by atoms with Crippen LogP contribution in [-0.4, -0.2) is 73.9 Å². The van der Waals surface area contributed by atoms with Crippen molar-refractivity contribution >= 4 is 22.6 Å². The largest absolute Gasteiger partial charge is 0.383 e. The molecule has 2 fully saturated rings. The Morgan fingerprint density at radius 1 is 1.19 bits per heavy atom. The lowest BCUT2D eigenvalue weighted by Gasteiger charge is -2.58. The molecule has 4 aromatic rings. The molecule has 2 aliphatic rings.